The van der Waals surface area contributed by atoms with E-state index in [1.54, 1.807) is 5.43 Å². The van der Waals surface area contributed by atoms with Gasteiger partial charge in [-0.25, -0.2) is 15.1 Å². The molecule has 0 heterocycles. The van der Waals surface area contributed by atoms with Gasteiger partial charge in [-0.3, -0.25) is 0 Å². The smallest absolute Gasteiger partial charge is 0.251 e. The number of rotatable bonds is 6. The monoisotopic (exact) mass is 204 g/mol. The largest absolute Gasteiger partial charge is 0.396 e. The quantitative estimate of drug-likeness (QED) is 0.177. The zero-order valence-corrected chi connectivity index (χ0v) is 8.14. The Labute approximate surface area is 82.1 Å². The summed E-state index contributed by atoms with van der Waals surface area (Å²) in [4.78, 5) is 13.6. The van der Waals surface area contributed by atoms with Gasteiger partial charge in [0.1, 0.15) is 0 Å². The molecule has 14 heavy (non-hydrogen) atoms. The van der Waals surface area contributed by atoms with Gasteiger partial charge in [0.2, 0.25) is 0 Å². The second-order valence-corrected chi connectivity index (χ2v) is 3.07. The van der Waals surface area contributed by atoms with Crippen molar-refractivity contribution in [2.24, 2.45) is 16.6 Å². The molecule has 1 atom stereocenters. The van der Waals surface area contributed by atoms with Crippen molar-refractivity contribution in [1.29, 1.82) is 0 Å². The molecule has 0 aromatic carbocycles. The van der Waals surface area contributed by atoms with Crippen molar-refractivity contribution >= 4 is 5.96 Å². The minimum Gasteiger partial charge on any atom is -0.396 e. The van der Waals surface area contributed by atoms with Crippen molar-refractivity contribution < 1.29 is 10.1 Å². The number of hydrogen-bond donors (Lipinski definition) is 3. The van der Waals surface area contributed by atoms with Gasteiger partial charge in [-0.1, -0.05) is 12.3 Å². The van der Waals surface area contributed by atoms with Gasteiger partial charge in [-0.2, -0.15) is 0 Å². The Kier molecular flexibility index (Phi) is 6.38. The van der Waals surface area contributed by atoms with Crippen LogP contribution in [0.1, 0.15) is 19.8 Å². The fourth-order valence-corrected chi connectivity index (χ4v) is 0.859. The lowest BCUT2D eigenvalue weighted by Gasteiger charge is -2.04. The van der Waals surface area contributed by atoms with Gasteiger partial charge in [-0.05, 0) is 18.8 Å². The lowest BCUT2D eigenvalue weighted by molar-refractivity contribution is -0.525. The molecule has 0 aliphatic rings. The standard InChI is InChI=1S/C7H16N4O3/c1-6(5-12)3-2-4-9-7(8)10-11(13)14/h6,12H,2-5H2,1H3,(H3,8,9,10). The molecule has 7 heteroatoms. The van der Waals surface area contributed by atoms with Crippen molar-refractivity contribution in [2.45, 2.75) is 19.8 Å². The first-order valence-electron chi connectivity index (χ1n) is 4.38. The fraction of sp³-hybridized carbons (Fsp3) is 0.857. The first kappa shape index (κ1) is 12.6. The van der Waals surface area contributed by atoms with Crippen molar-refractivity contribution in [3.8, 4) is 0 Å². The number of aliphatic hydroxyl groups excluding tert-OH is 1. The van der Waals surface area contributed by atoms with Crippen molar-refractivity contribution in [3.63, 3.8) is 0 Å². The molecule has 0 rings (SSSR count). The van der Waals surface area contributed by atoms with Crippen LogP contribution in [0.4, 0.5) is 0 Å². The van der Waals surface area contributed by atoms with Crippen LogP contribution in [0.15, 0.2) is 4.99 Å². The lowest BCUT2D eigenvalue weighted by Crippen LogP contribution is -2.36. The van der Waals surface area contributed by atoms with E-state index in [0.29, 0.717) is 6.54 Å². The van der Waals surface area contributed by atoms with Gasteiger partial charge >= 0.3 is 0 Å². The third kappa shape index (κ3) is 7.29. The van der Waals surface area contributed by atoms with Crippen molar-refractivity contribution in [1.82, 2.24) is 5.43 Å². The van der Waals surface area contributed by atoms with Crippen LogP contribution in [-0.2, 0) is 0 Å². The first-order valence-corrected chi connectivity index (χ1v) is 4.38. The Bertz CT molecular complexity index is 207. The number of aliphatic hydroxyl groups is 1. The topological polar surface area (TPSA) is 114 Å². The van der Waals surface area contributed by atoms with Gasteiger partial charge in [0.15, 0.2) is 5.03 Å². The van der Waals surface area contributed by atoms with Crippen LogP contribution in [-0.4, -0.2) is 29.3 Å². The van der Waals surface area contributed by atoms with Gasteiger partial charge in [0.05, 0.1) is 0 Å². The number of nitrogens with one attached hydrogen (secondary N) is 1. The van der Waals surface area contributed by atoms with Crippen LogP contribution < -0.4 is 11.2 Å². The summed E-state index contributed by atoms with van der Waals surface area (Å²) in [5.41, 5.74) is 6.92. The van der Waals surface area contributed by atoms with E-state index in [9.17, 15) is 10.1 Å². The molecule has 1 unspecified atom stereocenters. The second-order valence-electron chi connectivity index (χ2n) is 3.07. The molecule has 0 bridgehead atoms. The average molecular weight is 204 g/mol. The maximum Gasteiger partial charge on any atom is 0.251 e. The van der Waals surface area contributed by atoms with E-state index < -0.39 is 5.03 Å². The summed E-state index contributed by atoms with van der Waals surface area (Å²) >= 11 is 0. The minimum absolute atomic E-state index is 0.145. The van der Waals surface area contributed by atoms with E-state index in [4.69, 9.17) is 10.8 Å². The minimum atomic E-state index is -0.755. The van der Waals surface area contributed by atoms with Crippen LogP contribution in [0.2, 0.25) is 0 Å². The Morgan fingerprint density at radius 2 is 2.43 bits per heavy atom. The molecule has 82 valence electrons. The Hall–Kier alpha value is -1.37. The summed E-state index contributed by atoms with van der Waals surface area (Å²) in [5.74, 6) is 0.0431. The number of hydrazine groups is 1. The number of aliphatic imine (C=N–C) groups is 1. The molecular formula is C7H16N4O3. The molecule has 0 fully saturated rings. The van der Waals surface area contributed by atoms with Crippen molar-refractivity contribution in [3.05, 3.63) is 10.1 Å². The summed E-state index contributed by atoms with van der Waals surface area (Å²) in [7, 11) is 0. The van der Waals surface area contributed by atoms with Crippen LogP contribution in [0.25, 0.3) is 0 Å². The third-order valence-corrected chi connectivity index (χ3v) is 1.65. The SMILES string of the molecule is CC(CO)CCCN=C(N)N[N+](=O)[O-]. The molecule has 0 saturated heterocycles. The molecule has 0 aliphatic heterocycles. The number of nitro groups is 1. The maximum atomic E-state index is 9.90. The zero-order valence-electron chi connectivity index (χ0n) is 8.14. The highest BCUT2D eigenvalue weighted by atomic mass is 16.7. The summed E-state index contributed by atoms with van der Waals surface area (Å²) in [6.45, 7) is 2.49. The fourth-order valence-electron chi connectivity index (χ4n) is 0.859. The molecule has 0 amide bonds. The number of nitrogens with zero attached hydrogens (tertiary/aromatic N) is 2. The number of hydrogen-bond acceptors (Lipinski definition) is 4. The summed E-state index contributed by atoms with van der Waals surface area (Å²) in [5, 5.41) is 17.8. The molecule has 0 aromatic heterocycles. The second kappa shape index (κ2) is 7.07. The molecule has 0 saturated carbocycles. The van der Waals surface area contributed by atoms with Gasteiger partial charge in [0.25, 0.3) is 5.96 Å². The zero-order chi connectivity index (χ0) is 11.0. The van der Waals surface area contributed by atoms with Gasteiger partial charge in [-0.15, -0.1) is 0 Å². The normalized spacial score (nSPS) is 13.7. The third-order valence-electron chi connectivity index (χ3n) is 1.65. The molecule has 4 N–H and O–H groups in total. The van der Waals surface area contributed by atoms with E-state index >= 15 is 0 Å². The van der Waals surface area contributed by atoms with E-state index in [1.807, 2.05) is 6.92 Å². The lowest BCUT2D eigenvalue weighted by atomic mass is 10.1. The molecule has 0 aromatic rings. The predicted molar refractivity (Wildman–Crippen MR) is 52.1 cm³/mol. The first-order chi connectivity index (χ1) is 6.56. The van der Waals surface area contributed by atoms with Crippen LogP contribution in [0.3, 0.4) is 0 Å². The van der Waals surface area contributed by atoms with Gasteiger partial charge in [0, 0.05) is 13.2 Å². The van der Waals surface area contributed by atoms with Crippen molar-refractivity contribution in [2.75, 3.05) is 13.2 Å². The molecular weight excluding hydrogens is 188 g/mol. The van der Waals surface area contributed by atoms with E-state index in [1.165, 1.54) is 0 Å². The Morgan fingerprint density at radius 1 is 1.79 bits per heavy atom. The number of nitrogens with two attached hydrogens (primary N) is 1. The summed E-state index contributed by atoms with van der Waals surface area (Å²) in [6, 6.07) is 0. The van der Waals surface area contributed by atoms with E-state index in [2.05, 4.69) is 4.99 Å². The molecule has 7 nitrogen and oxygen atoms in total. The summed E-state index contributed by atoms with van der Waals surface area (Å²) in [6.07, 6.45) is 1.58. The summed E-state index contributed by atoms with van der Waals surface area (Å²) < 4.78 is 0. The van der Waals surface area contributed by atoms with E-state index in [-0.39, 0.29) is 18.5 Å². The van der Waals surface area contributed by atoms with Crippen LogP contribution in [0.5, 0.6) is 0 Å². The average Bonchev–Trinajstić information content (AvgIpc) is 2.10. The highest BCUT2D eigenvalue weighted by Gasteiger charge is 2.00. The Morgan fingerprint density at radius 3 is 2.93 bits per heavy atom. The molecule has 0 aliphatic carbocycles. The Balaban J connectivity index is 3.55. The number of guanidine groups is 1. The van der Waals surface area contributed by atoms with Crippen LogP contribution >= 0.6 is 0 Å². The predicted octanol–water partition coefficient (Wildman–Crippen LogP) is -0.509. The highest BCUT2D eigenvalue weighted by molar-refractivity contribution is 5.76. The van der Waals surface area contributed by atoms with E-state index in [0.717, 1.165) is 12.8 Å². The maximum absolute atomic E-state index is 9.90. The van der Waals surface area contributed by atoms with Gasteiger partial charge < -0.3 is 10.8 Å². The van der Waals surface area contributed by atoms with Crippen LogP contribution in [0, 0.1) is 16.0 Å². The molecule has 0 radical (unpaired) electrons. The highest BCUT2D eigenvalue weighted by Crippen LogP contribution is 2.03. The molecule has 0 spiro atoms.